The van der Waals surface area contributed by atoms with Crippen LogP contribution in [-0.2, 0) is 6.42 Å². The summed E-state index contributed by atoms with van der Waals surface area (Å²) in [6, 6.07) is 8.49. The number of rotatable bonds is 4. The van der Waals surface area contributed by atoms with Crippen molar-refractivity contribution in [2.75, 3.05) is 0 Å². The summed E-state index contributed by atoms with van der Waals surface area (Å²) in [5.41, 5.74) is 1.43. The van der Waals surface area contributed by atoms with Crippen molar-refractivity contribution in [3.8, 4) is 0 Å². The van der Waals surface area contributed by atoms with E-state index in [2.05, 4.69) is 54.0 Å². The van der Waals surface area contributed by atoms with Crippen molar-refractivity contribution < 1.29 is 0 Å². The maximum absolute atomic E-state index is 3.57. The van der Waals surface area contributed by atoms with Gasteiger partial charge in [0.25, 0.3) is 0 Å². The van der Waals surface area contributed by atoms with Gasteiger partial charge in [-0.05, 0) is 30.4 Å². The molecule has 0 amide bonds. The second-order valence-corrected chi connectivity index (χ2v) is 4.50. The van der Waals surface area contributed by atoms with Crippen molar-refractivity contribution in [2.45, 2.75) is 33.1 Å². The van der Waals surface area contributed by atoms with E-state index < -0.39 is 0 Å². The molecule has 0 aliphatic rings. The van der Waals surface area contributed by atoms with Gasteiger partial charge >= 0.3 is 0 Å². The molecule has 0 N–H and O–H groups in total. The van der Waals surface area contributed by atoms with Gasteiger partial charge in [-0.2, -0.15) is 0 Å². The van der Waals surface area contributed by atoms with Gasteiger partial charge in [-0.1, -0.05) is 54.4 Å². The number of aryl methyl sites for hydroxylation is 1. The lowest BCUT2D eigenvalue weighted by molar-refractivity contribution is 0.516. The molecule has 0 spiro atoms. The zero-order valence-corrected chi connectivity index (χ0v) is 9.97. The first-order valence-electron chi connectivity index (χ1n) is 4.97. The van der Waals surface area contributed by atoms with Gasteiger partial charge in [-0.3, -0.25) is 0 Å². The molecule has 0 heterocycles. The van der Waals surface area contributed by atoms with Gasteiger partial charge in [0, 0.05) is 4.47 Å². The predicted molar refractivity (Wildman–Crippen MR) is 61.9 cm³/mol. The van der Waals surface area contributed by atoms with E-state index in [9.17, 15) is 0 Å². The molecular weight excluding hydrogens is 224 g/mol. The molecule has 0 saturated heterocycles. The molecule has 1 rings (SSSR count). The van der Waals surface area contributed by atoms with Crippen LogP contribution in [-0.4, -0.2) is 0 Å². The first-order valence-corrected chi connectivity index (χ1v) is 5.76. The maximum atomic E-state index is 3.57. The van der Waals surface area contributed by atoms with Gasteiger partial charge in [0.1, 0.15) is 0 Å². The van der Waals surface area contributed by atoms with Gasteiger partial charge in [0.05, 0.1) is 0 Å². The highest BCUT2D eigenvalue weighted by Crippen LogP contribution is 2.19. The second kappa shape index (κ2) is 5.43. The minimum atomic E-state index is 0.840. The van der Waals surface area contributed by atoms with E-state index in [1.807, 2.05) is 0 Å². The van der Waals surface area contributed by atoms with Crippen molar-refractivity contribution >= 4 is 15.9 Å². The van der Waals surface area contributed by atoms with Crippen LogP contribution in [0.3, 0.4) is 0 Å². The topological polar surface area (TPSA) is 0 Å². The third-order valence-electron chi connectivity index (χ3n) is 2.56. The van der Waals surface area contributed by atoms with Crippen molar-refractivity contribution in [2.24, 2.45) is 5.92 Å². The van der Waals surface area contributed by atoms with E-state index in [1.165, 1.54) is 29.3 Å². The van der Waals surface area contributed by atoms with E-state index in [4.69, 9.17) is 0 Å². The molecule has 0 radical (unpaired) electrons. The summed E-state index contributed by atoms with van der Waals surface area (Å²) in [7, 11) is 0. The highest BCUT2D eigenvalue weighted by Gasteiger charge is 2.02. The summed E-state index contributed by atoms with van der Waals surface area (Å²) in [6.07, 6.45) is 3.76. The lowest BCUT2D eigenvalue weighted by Gasteiger charge is -2.08. The summed E-state index contributed by atoms with van der Waals surface area (Å²) in [6.45, 7) is 4.57. The van der Waals surface area contributed by atoms with Crippen molar-refractivity contribution in [1.29, 1.82) is 0 Å². The Bertz CT molecular complexity index is 255. The fourth-order valence-corrected chi connectivity index (χ4v) is 1.79. The Hall–Kier alpha value is -0.300. The molecule has 1 atom stereocenters. The van der Waals surface area contributed by atoms with Crippen LogP contribution in [0.5, 0.6) is 0 Å². The zero-order chi connectivity index (χ0) is 9.68. The van der Waals surface area contributed by atoms with Crippen LogP contribution in [0.2, 0.25) is 0 Å². The molecule has 0 nitrogen and oxygen atoms in total. The average molecular weight is 241 g/mol. The van der Waals surface area contributed by atoms with Crippen LogP contribution in [0.25, 0.3) is 0 Å². The maximum Gasteiger partial charge on any atom is 0.0207 e. The molecule has 72 valence electrons. The molecule has 0 bridgehead atoms. The zero-order valence-electron chi connectivity index (χ0n) is 8.39. The Morgan fingerprint density at radius 1 is 1.31 bits per heavy atom. The quantitative estimate of drug-likeness (QED) is 0.731. The van der Waals surface area contributed by atoms with Crippen LogP contribution < -0.4 is 0 Å². The van der Waals surface area contributed by atoms with Crippen LogP contribution in [0.15, 0.2) is 28.7 Å². The Balaban J connectivity index is 2.50. The Kier molecular flexibility index (Phi) is 4.51. The molecule has 1 aromatic carbocycles. The minimum Gasteiger partial charge on any atom is -0.0651 e. The number of benzene rings is 1. The van der Waals surface area contributed by atoms with Crippen molar-refractivity contribution in [1.82, 2.24) is 0 Å². The third kappa shape index (κ3) is 3.51. The molecule has 0 aliphatic carbocycles. The van der Waals surface area contributed by atoms with E-state index >= 15 is 0 Å². The molecular formula is C12H17Br. The Morgan fingerprint density at radius 3 is 2.62 bits per heavy atom. The van der Waals surface area contributed by atoms with E-state index in [-0.39, 0.29) is 0 Å². The fourth-order valence-electron chi connectivity index (χ4n) is 1.31. The van der Waals surface area contributed by atoms with E-state index in [0.717, 1.165) is 5.92 Å². The van der Waals surface area contributed by atoms with E-state index in [0.29, 0.717) is 0 Å². The summed E-state index contributed by atoms with van der Waals surface area (Å²) in [4.78, 5) is 0. The lowest BCUT2D eigenvalue weighted by atomic mass is 9.99. The lowest BCUT2D eigenvalue weighted by Crippen LogP contribution is -1.95. The fraction of sp³-hybridized carbons (Fsp3) is 0.500. The first-order chi connectivity index (χ1) is 6.24. The summed E-state index contributed by atoms with van der Waals surface area (Å²) in [5.74, 6) is 0.840. The molecule has 1 heteroatoms. The number of hydrogen-bond acceptors (Lipinski definition) is 0. The van der Waals surface area contributed by atoms with Gasteiger partial charge in [0.2, 0.25) is 0 Å². The van der Waals surface area contributed by atoms with E-state index in [1.54, 1.807) is 0 Å². The summed E-state index contributed by atoms with van der Waals surface area (Å²) in [5, 5.41) is 0. The van der Waals surface area contributed by atoms with Crippen LogP contribution in [0.4, 0.5) is 0 Å². The smallest absolute Gasteiger partial charge is 0.0207 e. The molecule has 1 unspecified atom stereocenters. The monoisotopic (exact) mass is 240 g/mol. The molecule has 0 saturated carbocycles. The normalized spacial score (nSPS) is 12.8. The second-order valence-electron chi connectivity index (χ2n) is 3.64. The van der Waals surface area contributed by atoms with Gasteiger partial charge < -0.3 is 0 Å². The van der Waals surface area contributed by atoms with Crippen LogP contribution >= 0.6 is 15.9 Å². The molecule has 0 fully saturated rings. The summed E-state index contributed by atoms with van der Waals surface area (Å²) < 4.78 is 1.25. The molecule has 0 aromatic heterocycles. The third-order valence-corrected chi connectivity index (χ3v) is 3.33. The van der Waals surface area contributed by atoms with Gasteiger partial charge in [-0.25, -0.2) is 0 Å². The predicted octanol–water partition coefficient (Wildman–Crippen LogP) is 4.43. The molecule has 13 heavy (non-hydrogen) atoms. The van der Waals surface area contributed by atoms with Gasteiger partial charge in [0.15, 0.2) is 0 Å². The SMILES string of the molecule is CCC(C)CCc1ccccc1Br. The number of halogens is 1. The number of hydrogen-bond donors (Lipinski definition) is 0. The minimum absolute atomic E-state index is 0.840. The van der Waals surface area contributed by atoms with Crippen molar-refractivity contribution in [3.63, 3.8) is 0 Å². The molecule has 0 aliphatic heterocycles. The largest absolute Gasteiger partial charge is 0.0651 e. The average Bonchev–Trinajstić information content (AvgIpc) is 2.16. The Labute approximate surface area is 89.5 Å². The van der Waals surface area contributed by atoms with Crippen LogP contribution in [0.1, 0.15) is 32.3 Å². The highest BCUT2D eigenvalue weighted by atomic mass is 79.9. The Morgan fingerprint density at radius 2 is 2.00 bits per heavy atom. The van der Waals surface area contributed by atoms with Crippen molar-refractivity contribution in [3.05, 3.63) is 34.3 Å². The van der Waals surface area contributed by atoms with Gasteiger partial charge in [-0.15, -0.1) is 0 Å². The first kappa shape index (κ1) is 10.8. The summed E-state index contributed by atoms with van der Waals surface area (Å²) >= 11 is 3.57. The molecule has 1 aromatic rings. The van der Waals surface area contributed by atoms with Crippen LogP contribution in [0, 0.1) is 5.92 Å². The highest BCUT2D eigenvalue weighted by molar-refractivity contribution is 9.10. The standard InChI is InChI=1S/C12H17Br/c1-3-10(2)8-9-11-6-4-5-7-12(11)13/h4-7,10H,3,8-9H2,1-2H3.